The summed E-state index contributed by atoms with van der Waals surface area (Å²) in [4.78, 5) is 0. The van der Waals surface area contributed by atoms with E-state index >= 15 is 0 Å². The second-order valence-electron chi connectivity index (χ2n) is 1.61. The van der Waals surface area contributed by atoms with Crippen LogP contribution in [-0.4, -0.2) is 11.4 Å². The molecule has 1 aliphatic rings. The van der Waals surface area contributed by atoms with Crippen LogP contribution < -0.4 is 0 Å². The molecule has 1 N–H and O–H groups in total. The molecule has 0 amide bonds. The summed E-state index contributed by atoms with van der Waals surface area (Å²) in [5, 5.41) is 10.9. The number of nitrogens with zero attached hydrogens (tertiary/aromatic N) is 1. The van der Waals surface area contributed by atoms with Crippen LogP contribution in [0.5, 0.6) is 0 Å². The average Bonchev–Trinajstić information content (AvgIpc) is 2.19. The van der Waals surface area contributed by atoms with E-state index in [-0.39, 0.29) is 5.92 Å². The van der Waals surface area contributed by atoms with Gasteiger partial charge in [0.15, 0.2) is 0 Å². The lowest BCUT2D eigenvalue weighted by Gasteiger charge is -1.87. The molecule has 1 aliphatic carbocycles. The highest BCUT2D eigenvalue weighted by Gasteiger charge is 1.96. The molecule has 0 radical (unpaired) electrons. The summed E-state index contributed by atoms with van der Waals surface area (Å²) >= 11 is 0. The van der Waals surface area contributed by atoms with Crippen molar-refractivity contribution in [3.05, 3.63) is 24.3 Å². The molecule has 0 aromatic carbocycles. The maximum absolute atomic E-state index is 8.03. The second kappa shape index (κ2) is 2.31. The van der Waals surface area contributed by atoms with Gasteiger partial charge in [0.25, 0.3) is 0 Å². The monoisotopic (exact) mass is 109 g/mol. The Balaban J connectivity index is 2.49. The molecule has 2 nitrogen and oxygen atoms in total. The Morgan fingerprint density at radius 1 is 1.38 bits per heavy atom. The van der Waals surface area contributed by atoms with E-state index in [9.17, 15) is 0 Å². The Kier molecular flexibility index (Phi) is 1.47. The minimum atomic E-state index is 0.208. The van der Waals surface area contributed by atoms with Gasteiger partial charge in [-0.05, 0) is 0 Å². The maximum Gasteiger partial charge on any atom is 0.0542 e. The van der Waals surface area contributed by atoms with E-state index in [0.29, 0.717) is 0 Å². The molecule has 0 saturated heterocycles. The Hall–Kier alpha value is -1.05. The first-order valence-corrected chi connectivity index (χ1v) is 2.46. The van der Waals surface area contributed by atoms with E-state index in [1.807, 2.05) is 24.3 Å². The number of rotatable bonds is 1. The molecule has 0 atom stereocenters. The molecule has 2 heteroatoms. The Morgan fingerprint density at radius 2 is 2.00 bits per heavy atom. The average molecular weight is 109 g/mol. The van der Waals surface area contributed by atoms with Gasteiger partial charge in [-0.15, -0.1) is 5.16 Å². The zero-order valence-corrected chi connectivity index (χ0v) is 4.36. The third-order valence-electron chi connectivity index (χ3n) is 1.02. The number of oxime groups is 1. The fourth-order valence-electron chi connectivity index (χ4n) is 0.625. The lowest BCUT2D eigenvalue weighted by Crippen LogP contribution is -1.87. The fourth-order valence-corrected chi connectivity index (χ4v) is 0.625. The number of hydrogen-bond donors (Lipinski definition) is 1. The summed E-state index contributed by atoms with van der Waals surface area (Å²) in [7, 11) is 0. The van der Waals surface area contributed by atoms with Crippen LogP contribution in [0.15, 0.2) is 29.5 Å². The molecular formula is C6H7NO. The predicted molar refractivity (Wildman–Crippen MR) is 32.0 cm³/mol. The van der Waals surface area contributed by atoms with Crippen molar-refractivity contribution >= 4 is 6.21 Å². The van der Waals surface area contributed by atoms with Gasteiger partial charge in [-0.3, -0.25) is 0 Å². The molecule has 0 fully saturated rings. The Morgan fingerprint density at radius 3 is 2.50 bits per heavy atom. The molecule has 0 saturated carbocycles. The molecule has 0 bridgehead atoms. The van der Waals surface area contributed by atoms with Gasteiger partial charge in [0.2, 0.25) is 0 Å². The van der Waals surface area contributed by atoms with Gasteiger partial charge >= 0.3 is 0 Å². The van der Waals surface area contributed by atoms with Crippen molar-refractivity contribution in [3.63, 3.8) is 0 Å². The molecule has 0 spiro atoms. The van der Waals surface area contributed by atoms with Gasteiger partial charge in [-0.25, -0.2) is 0 Å². The number of hydrogen-bond acceptors (Lipinski definition) is 2. The minimum absolute atomic E-state index is 0.208. The first-order valence-electron chi connectivity index (χ1n) is 2.46. The third kappa shape index (κ3) is 0.964. The van der Waals surface area contributed by atoms with Crippen molar-refractivity contribution in [2.45, 2.75) is 0 Å². The predicted octanol–water partition coefficient (Wildman–Crippen LogP) is 1.19. The molecule has 8 heavy (non-hydrogen) atoms. The zero-order chi connectivity index (χ0) is 5.82. The van der Waals surface area contributed by atoms with Gasteiger partial charge in [-0.2, -0.15) is 0 Å². The molecule has 0 heterocycles. The van der Waals surface area contributed by atoms with Crippen LogP contribution in [0.2, 0.25) is 0 Å². The largest absolute Gasteiger partial charge is 0.411 e. The van der Waals surface area contributed by atoms with Crippen LogP contribution in [0.4, 0.5) is 0 Å². The van der Waals surface area contributed by atoms with Gasteiger partial charge in [0.1, 0.15) is 0 Å². The highest BCUT2D eigenvalue weighted by atomic mass is 16.4. The summed E-state index contributed by atoms with van der Waals surface area (Å²) in [6, 6.07) is 0. The van der Waals surface area contributed by atoms with Gasteiger partial charge < -0.3 is 5.21 Å². The third-order valence-corrected chi connectivity index (χ3v) is 1.02. The highest BCUT2D eigenvalue weighted by Crippen LogP contribution is 2.04. The summed E-state index contributed by atoms with van der Waals surface area (Å²) in [6.45, 7) is 0. The summed E-state index contributed by atoms with van der Waals surface area (Å²) in [6.07, 6.45) is 9.21. The smallest absolute Gasteiger partial charge is 0.0542 e. The standard InChI is InChI=1S/C6H7NO/c8-7-5-6-3-1-2-4-6/h1-6,8H/b7-5+. The number of allylic oxidation sites excluding steroid dienone is 4. The summed E-state index contributed by atoms with van der Waals surface area (Å²) in [5.41, 5.74) is 0. The summed E-state index contributed by atoms with van der Waals surface area (Å²) < 4.78 is 0. The van der Waals surface area contributed by atoms with E-state index in [1.165, 1.54) is 6.21 Å². The quantitative estimate of drug-likeness (QED) is 0.306. The lowest BCUT2D eigenvalue weighted by molar-refractivity contribution is 0.320. The van der Waals surface area contributed by atoms with E-state index < -0.39 is 0 Å². The van der Waals surface area contributed by atoms with Crippen molar-refractivity contribution < 1.29 is 5.21 Å². The molecule has 42 valence electrons. The van der Waals surface area contributed by atoms with Crippen molar-refractivity contribution in [1.29, 1.82) is 0 Å². The van der Waals surface area contributed by atoms with Gasteiger partial charge in [0, 0.05) is 5.92 Å². The lowest BCUT2D eigenvalue weighted by atomic mass is 10.2. The Labute approximate surface area is 47.8 Å². The maximum atomic E-state index is 8.03. The first-order chi connectivity index (χ1) is 3.93. The van der Waals surface area contributed by atoms with Gasteiger partial charge in [-0.1, -0.05) is 24.3 Å². The van der Waals surface area contributed by atoms with Crippen LogP contribution in [-0.2, 0) is 0 Å². The van der Waals surface area contributed by atoms with Gasteiger partial charge in [0.05, 0.1) is 6.21 Å². The second-order valence-corrected chi connectivity index (χ2v) is 1.61. The summed E-state index contributed by atoms with van der Waals surface area (Å²) in [5.74, 6) is 0.208. The van der Waals surface area contributed by atoms with Crippen molar-refractivity contribution in [3.8, 4) is 0 Å². The van der Waals surface area contributed by atoms with Crippen molar-refractivity contribution in [2.75, 3.05) is 0 Å². The van der Waals surface area contributed by atoms with Crippen molar-refractivity contribution in [1.82, 2.24) is 0 Å². The normalized spacial score (nSPS) is 19.0. The van der Waals surface area contributed by atoms with E-state index in [4.69, 9.17) is 5.21 Å². The molecule has 0 aromatic heterocycles. The molecule has 1 rings (SSSR count). The van der Waals surface area contributed by atoms with Crippen LogP contribution >= 0.6 is 0 Å². The van der Waals surface area contributed by atoms with Crippen molar-refractivity contribution in [2.24, 2.45) is 11.1 Å². The van der Waals surface area contributed by atoms with E-state index in [0.717, 1.165) is 0 Å². The molecular weight excluding hydrogens is 102 g/mol. The SMILES string of the molecule is O/N=C/C1C=CC=C1. The van der Waals surface area contributed by atoms with E-state index in [1.54, 1.807) is 0 Å². The van der Waals surface area contributed by atoms with E-state index in [2.05, 4.69) is 5.16 Å². The first kappa shape index (κ1) is 5.09. The topological polar surface area (TPSA) is 32.6 Å². The minimum Gasteiger partial charge on any atom is -0.411 e. The highest BCUT2D eigenvalue weighted by molar-refractivity contribution is 5.66. The molecule has 0 aromatic rings. The Bertz CT molecular complexity index is 135. The fraction of sp³-hybridized carbons (Fsp3) is 0.167. The molecule has 0 aliphatic heterocycles. The van der Waals surface area contributed by atoms with Crippen LogP contribution in [0, 0.1) is 5.92 Å². The van der Waals surface area contributed by atoms with Crippen LogP contribution in [0.25, 0.3) is 0 Å². The molecule has 0 unspecified atom stereocenters. The van der Waals surface area contributed by atoms with Crippen LogP contribution in [0.1, 0.15) is 0 Å². The zero-order valence-electron chi connectivity index (χ0n) is 4.36. The van der Waals surface area contributed by atoms with Crippen LogP contribution in [0.3, 0.4) is 0 Å².